The Hall–Kier alpha value is -1.70. The first kappa shape index (κ1) is 13.3. The van der Waals surface area contributed by atoms with Crippen molar-refractivity contribution in [3.8, 4) is 0 Å². The smallest absolute Gasteiger partial charge is 0.281 e. The largest absolute Gasteiger partial charge is 0.310 e. The summed E-state index contributed by atoms with van der Waals surface area (Å²) in [4.78, 5) is 26.4. The lowest BCUT2D eigenvalue weighted by Gasteiger charge is -2.11. The molecule has 0 radical (unpaired) electrons. The number of aryl methyl sites for hydroxylation is 1. The van der Waals surface area contributed by atoms with E-state index in [2.05, 4.69) is 0 Å². The highest BCUT2D eigenvalue weighted by Crippen LogP contribution is 2.44. The SMILES string of the molecule is Cc1cccc2c1N(C)C(=O)C2=C1SC(=S)N(N)C1=O. The lowest BCUT2D eigenvalue weighted by Crippen LogP contribution is -2.35. The molecule has 0 aromatic heterocycles. The van der Waals surface area contributed by atoms with E-state index in [-0.39, 0.29) is 10.2 Å². The number of amides is 2. The Labute approximate surface area is 125 Å². The molecule has 0 unspecified atom stereocenters. The van der Waals surface area contributed by atoms with Crippen LogP contribution in [0.2, 0.25) is 0 Å². The highest BCUT2D eigenvalue weighted by Gasteiger charge is 2.40. The maximum Gasteiger partial charge on any atom is 0.281 e. The molecule has 1 aromatic rings. The van der Waals surface area contributed by atoms with Gasteiger partial charge in [0.25, 0.3) is 11.8 Å². The number of likely N-dealkylation sites (N-methyl/N-ethyl adjacent to an activating group) is 1. The topological polar surface area (TPSA) is 66.6 Å². The molecule has 3 rings (SSSR count). The maximum atomic E-state index is 12.5. The average molecular weight is 305 g/mol. The Morgan fingerprint density at radius 3 is 2.55 bits per heavy atom. The number of fused-ring (bicyclic) bond motifs is 1. The minimum absolute atomic E-state index is 0.205. The standard InChI is InChI=1S/C13H11N3O2S2/c1-6-4-3-5-7-8(11(17)15(2)9(6)7)10-12(18)16(14)13(19)20-10/h3-5H,14H2,1-2H3. The summed E-state index contributed by atoms with van der Waals surface area (Å²) in [5, 5.41) is 0.906. The van der Waals surface area contributed by atoms with Crippen molar-refractivity contribution in [3.05, 3.63) is 34.2 Å². The van der Waals surface area contributed by atoms with Gasteiger partial charge >= 0.3 is 0 Å². The summed E-state index contributed by atoms with van der Waals surface area (Å²) in [6.45, 7) is 1.93. The van der Waals surface area contributed by atoms with Crippen molar-refractivity contribution in [2.75, 3.05) is 11.9 Å². The van der Waals surface area contributed by atoms with Crippen molar-refractivity contribution >= 4 is 51.4 Å². The van der Waals surface area contributed by atoms with Crippen LogP contribution < -0.4 is 10.7 Å². The monoisotopic (exact) mass is 305 g/mol. The number of carbonyl (C=O) groups excluding carboxylic acids is 2. The molecule has 5 nitrogen and oxygen atoms in total. The minimum Gasteiger partial charge on any atom is -0.310 e. The summed E-state index contributed by atoms with van der Waals surface area (Å²) in [6.07, 6.45) is 0. The van der Waals surface area contributed by atoms with Crippen molar-refractivity contribution in [3.63, 3.8) is 0 Å². The van der Waals surface area contributed by atoms with E-state index in [0.29, 0.717) is 10.5 Å². The van der Waals surface area contributed by atoms with Gasteiger partial charge in [0, 0.05) is 12.6 Å². The number of anilines is 1. The predicted octanol–water partition coefficient (Wildman–Crippen LogP) is 1.42. The van der Waals surface area contributed by atoms with E-state index in [1.54, 1.807) is 11.9 Å². The van der Waals surface area contributed by atoms with Crippen LogP contribution in [-0.4, -0.2) is 28.2 Å². The van der Waals surface area contributed by atoms with Crippen LogP contribution in [0.25, 0.3) is 5.57 Å². The fourth-order valence-electron chi connectivity index (χ4n) is 2.44. The number of thiocarbonyl (C=S) groups is 1. The van der Waals surface area contributed by atoms with Gasteiger partial charge in [-0.25, -0.2) is 10.9 Å². The molecule has 2 aliphatic rings. The second-order valence-electron chi connectivity index (χ2n) is 4.58. The van der Waals surface area contributed by atoms with E-state index in [9.17, 15) is 9.59 Å². The Balaban J connectivity index is 2.28. The number of hydrogen-bond acceptors (Lipinski definition) is 5. The van der Waals surface area contributed by atoms with Crippen molar-refractivity contribution in [1.29, 1.82) is 0 Å². The van der Waals surface area contributed by atoms with Crippen LogP contribution in [-0.2, 0) is 9.59 Å². The quantitative estimate of drug-likeness (QED) is 0.340. The van der Waals surface area contributed by atoms with E-state index < -0.39 is 5.91 Å². The zero-order valence-corrected chi connectivity index (χ0v) is 12.5. The highest BCUT2D eigenvalue weighted by atomic mass is 32.2. The third-order valence-corrected chi connectivity index (χ3v) is 4.79. The summed E-state index contributed by atoms with van der Waals surface area (Å²) in [5.41, 5.74) is 2.95. The summed E-state index contributed by atoms with van der Waals surface area (Å²) in [6, 6.07) is 5.63. The molecule has 7 heteroatoms. The zero-order valence-electron chi connectivity index (χ0n) is 10.8. The number of nitrogens with zero attached hydrogens (tertiary/aromatic N) is 2. The normalized spacial score (nSPS) is 22.1. The van der Waals surface area contributed by atoms with Crippen molar-refractivity contribution in [2.45, 2.75) is 6.92 Å². The second-order valence-corrected chi connectivity index (χ2v) is 6.23. The van der Waals surface area contributed by atoms with E-state index in [4.69, 9.17) is 18.1 Å². The van der Waals surface area contributed by atoms with Crippen molar-refractivity contribution < 1.29 is 9.59 Å². The van der Waals surface area contributed by atoms with E-state index in [1.807, 2.05) is 25.1 Å². The molecular weight excluding hydrogens is 294 g/mol. The minimum atomic E-state index is -0.425. The van der Waals surface area contributed by atoms with Gasteiger partial charge in [-0.3, -0.25) is 9.59 Å². The van der Waals surface area contributed by atoms with E-state index in [1.165, 1.54) is 0 Å². The summed E-state index contributed by atoms with van der Waals surface area (Å²) < 4.78 is 0.258. The molecule has 2 amide bonds. The van der Waals surface area contributed by atoms with Crippen LogP contribution in [0.1, 0.15) is 11.1 Å². The fourth-order valence-corrected chi connectivity index (χ4v) is 3.61. The first-order valence-corrected chi connectivity index (χ1v) is 7.09. The zero-order chi connectivity index (χ0) is 14.6. The third-order valence-electron chi connectivity index (χ3n) is 3.39. The molecule has 0 aliphatic carbocycles. The molecule has 2 aliphatic heterocycles. The molecule has 102 valence electrons. The second kappa shape index (κ2) is 4.41. The molecule has 2 heterocycles. The molecule has 20 heavy (non-hydrogen) atoms. The maximum absolute atomic E-state index is 12.5. The molecule has 0 bridgehead atoms. The van der Waals surface area contributed by atoms with Gasteiger partial charge in [-0.2, -0.15) is 0 Å². The first-order valence-electron chi connectivity index (χ1n) is 5.86. The van der Waals surface area contributed by atoms with Crippen molar-refractivity contribution in [1.82, 2.24) is 5.01 Å². The number of benzene rings is 1. The Morgan fingerprint density at radius 1 is 1.25 bits per heavy atom. The molecule has 0 atom stereocenters. The number of hydrogen-bond donors (Lipinski definition) is 1. The molecule has 0 spiro atoms. The van der Waals surface area contributed by atoms with Crippen LogP contribution >= 0.6 is 24.0 Å². The molecule has 0 saturated carbocycles. The number of carbonyl (C=O) groups is 2. The molecular formula is C13H11N3O2S2. The lowest BCUT2D eigenvalue weighted by atomic mass is 10.0. The van der Waals surface area contributed by atoms with Gasteiger partial charge in [0.2, 0.25) is 0 Å². The first-order chi connectivity index (χ1) is 9.43. The number of hydrazine groups is 1. The van der Waals surface area contributed by atoms with E-state index >= 15 is 0 Å². The Kier molecular flexibility index (Phi) is 2.93. The summed E-state index contributed by atoms with van der Waals surface area (Å²) >= 11 is 6.08. The van der Waals surface area contributed by atoms with E-state index in [0.717, 1.165) is 33.6 Å². The van der Waals surface area contributed by atoms with Gasteiger partial charge in [-0.05, 0) is 12.5 Å². The number of nitrogens with two attached hydrogens (primary N) is 1. The third kappa shape index (κ3) is 1.64. The molecule has 1 fully saturated rings. The lowest BCUT2D eigenvalue weighted by molar-refractivity contribution is -0.122. The number of para-hydroxylation sites is 1. The average Bonchev–Trinajstić information content (AvgIpc) is 2.81. The van der Waals surface area contributed by atoms with Gasteiger partial charge in [-0.1, -0.05) is 42.2 Å². The van der Waals surface area contributed by atoms with Crippen LogP contribution in [0.3, 0.4) is 0 Å². The Bertz CT molecular complexity index is 712. The van der Waals surface area contributed by atoms with Crippen LogP contribution in [0.15, 0.2) is 23.1 Å². The van der Waals surface area contributed by atoms with Gasteiger partial charge in [0.15, 0.2) is 4.32 Å². The van der Waals surface area contributed by atoms with Crippen LogP contribution in [0.5, 0.6) is 0 Å². The molecule has 2 N–H and O–H groups in total. The number of rotatable bonds is 0. The fraction of sp³-hybridized carbons (Fsp3) is 0.154. The van der Waals surface area contributed by atoms with Gasteiger partial charge in [-0.15, -0.1) is 0 Å². The van der Waals surface area contributed by atoms with Gasteiger partial charge < -0.3 is 4.90 Å². The summed E-state index contributed by atoms with van der Waals surface area (Å²) in [5.74, 6) is 4.94. The van der Waals surface area contributed by atoms with Crippen molar-refractivity contribution in [2.24, 2.45) is 5.84 Å². The number of thioether (sulfide) groups is 1. The summed E-state index contributed by atoms with van der Waals surface area (Å²) in [7, 11) is 1.70. The van der Waals surface area contributed by atoms with Gasteiger partial charge in [0.05, 0.1) is 16.2 Å². The molecule has 1 saturated heterocycles. The highest BCUT2D eigenvalue weighted by molar-refractivity contribution is 8.26. The van der Waals surface area contributed by atoms with Crippen LogP contribution in [0.4, 0.5) is 5.69 Å². The predicted molar refractivity (Wildman–Crippen MR) is 82.7 cm³/mol. The van der Waals surface area contributed by atoms with Crippen LogP contribution in [0, 0.1) is 6.92 Å². The molecule has 1 aromatic carbocycles. The van der Waals surface area contributed by atoms with Gasteiger partial charge in [0.1, 0.15) is 0 Å². The Morgan fingerprint density at radius 2 is 1.95 bits per heavy atom.